The Kier molecular flexibility index (Phi) is 1.28. The van der Waals surface area contributed by atoms with Gasteiger partial charge in [-0.05, 0) is 5.41 Å². The normalized spacial score (nSPS) is 35.0. The van der Waals surface area contributed by atoms with Crippen LogP contribution in [0.3, 0.4) is 0 Å². The largest absolute Gasteiger partial charge is 0.367 e. The van der Waals surface area contributed by atoms with Crippen molar-refractivity contribution in [1.29, 1.82) is 5.26 Å². The van der Waals surface area contributed by atoms with E-state index in [1.54, 1.807) is 17.6 Å². The lowest BCUT2D eigenvalue weighted by Crippen LogP contribution is -2.15. The Morgan fingerprint density at radius 2 is 2.62 bits per heavy atom. The van der Waals surface area contributed by atoms with Crippen molar-refractivity contribution >= 4 is 11.8 Å². The molecule has 0 aromatic heterocycles. The van der Waals surface area contributed by atoms with E-state index in [2.05, 4.69) is 0 Å². The van der Waals surface area contributed by atoms with E-state index in [1.807, 2.05) is 0 Å². The topological polar surface area (TPSA) is 44.0 Å². The smallest absolute Gasteiger partial charge is 0.205 e. The first-order valence-corrected chi connectivity index (χ1v) is 3.11. The summed E-state index contributed by atoms with van der Waals surface area (Å²) >= 11 is 1.16. The van der Waals surface area contributed by atoms with Gasteiger partial charge in [0.1, 0.15) is 6.07 Å². The quantitative estimate of drug-likeness (QED) is 0.490. The molecule has 0 amide bonds. The first-order valence-electron chi connectivity index (χ1n) is 2.23. The SMILES string of the molecule is N#CC1(O)CC=CS1. The molecular weight excluding hydrogens is 122 g/mol. The van der Waals surface area contributed by atoms with Crippen LogP contribution in [0, 0.1) is 11.3 Å². The maximum absolute atomic E-state index is 9.04. The predicted octanol–water partition coefficient (Wildman–Crippen LogP) is 0.849. The van der Waals surface area contributed by atoms with E-state index >= 15 is 0 Å². The van der Waals surface area contributed by atoms with Gasteiger partial charge in [0.25, 0.3) is 0 Å². The molecule has 1 heterocycles. The second kappa shape index (κ2) is 1.81. The Morgan fingerprint density at radius 1 is 1.88 bits per heavy atom. The summed E-state index contributed by atoms with van der Waals surface area (Å²) in [5, 5.41) is 19.0. The van der Waals surface area contributed by atoms with Gasteiger partial charge in [-0.2, -0.15) is 5.26 Å². The van der Waals surface area contributed by atoms with Crippen molar-refractivity contribution in [3.8, 4) is 6.07 Å². The van der Waals surface area contributed by atoms with Gasteiger partial charge in [0.15, 0.2) is 0 Å². The first kappa shape index (κ1) is 5.67. The molecule has 0 radical (unpaired) electrons. The van der Waals surface area contributed by atoms with Gasteiger partial charge in [-0.15, -0.1) is 0 Å². The zero-order valence-corrected chi connectivity index (χ0v) is 4.98. The number of hydrogen-bond donors (Lipinski definition) is 1. The van der Waals surface area contributed by atoms with Gasteiger partial charge in [0, 0.05) is 6.42 Å². The van der Waals surface area contributed by atoms with Crippen LogP contribution in [0.15, 0.2) is 11.5 Å². The van der Waals surface area contributed by atoms with Crippen molar-refractivity contribution in [3.05, 3.63) is 11.5 Å². The van der Waals surface area contributed by atoms with Crippen LogP contribution < -0.4 is 0 Å². The highest BCUT2D eigenvalue weighted by atomic mass is 32.2. The average molecular weight is 127 g/mol. The van der Waals surface area contributed by atoms with Crippen LogP contribution in [0.25, 0.3) is 0 Å². The Hall–Kier alpha value is -0.460. The molecule has 0 aromatic carbocycles. The Morgan fingerprint density at radius 3 is 2.88 bits per heavy atom. The summed E-state index contributed by atoms with van der Waals surface area (Å²) in [7, 11) is 0. The minimum Gasteiger partial charge on any atom is -0.367 e. The van der Waals surface area contributed by atoms with Crippen LogP contribution in [0.2, 0.25) is 0 Å². The molecule has 0 spiro atoms. The van der Waals surface area contributed by atoms with Gasteiger partial charge < -0.3 is 5.11 Å². The third-order valence-electron chi connectivity index (χ3n) is 0.928. The van der Waals surface area contributed by atoms with Gasteiger partial charge in [0.2, 0.25) is 4.93 Å². The maximum atomic E-state index is 9.04. The summed E-state index contributed by atoms with van der Waals surface area (Å²) in [4.78, 5) is -1.15. The van der Waals surface area contributed by atoms with Crippen molar-refractivity contribution in [2.24, 2.45) is 0 Å². The average Bonchev–Trinajstić information content (AvgIpc) is 2.17. The Balaban J connectivity index is 2.63. The van der Waals surface area contributed by atoms with Crippen LogP contribution in [-0.2, 0) is 0 Å². The van der Waals surface area contributed by atoms with Crippen LogP contribution in [-0.4, -0.2) is 10.0 Å². The molecule has 3 heteroatoms. The third-order valence-corrected chi connectivity index (χ3v) is 1.90. The Bertz CT molecular complexity index is 150. The lowest BCUT2D eigenvalue weighted by molar-refractivity contribution is 0.202. The number of nitrogens with zero attached hydrogens (tertiary/aromatic N) is 1. The molecule has 0 aliphatic carbocycles. The summed E-state index contributed by atoms with van der Waals surface area (Å²) < 4.78 is 0. The zero-order chi connectivity index (χ0) is 6.04. The third kappa shape index (κ3) is 0.857. The van der Waals surface area contributed by atoms with E-state index in [1.165, 1.54) is 0 Å². The van der Waals surface area contributed by atoms with Gasteiger partial charge in [-0.3, -0.25) is 0 Å². The van der Waals surface area contributed by atoms with Crippen molar-refractivity contribution in [3.63, 3.8) is 0 Å². The molecule has 0 fully saturated rings. The molecule has 1 rings (SSSR count). The Labute approximate surface area is 51.8 Å². The van der Waals surface area contributed by atoms with Crippen LogP contribution in [0.4, 0.5) is 0 Å². The maximum Gasteiger partial charge on any atom is 0.205 e. The molecule has 0 saturated carbocycles. The summed E-state index contributed by atoms with van der Waals surface area (Å²) in [5.41, 5.74) is 0. The predicted molar refractivity (Wildman–Crippen MR) is 31.9 cm³/mol. The van der Waals surface area contributed by atoms with Crippen LogP contribution in [0.5, 0.6) is 0 Å². The lowest BCUT2D eigenvalue weighted by Gasteiger charge is -2.07. The summed E-state index contributed by atoms with van der Waals surface area (Å²) in [6, 6.07) is 1.80. The number of aliphatic hydroxyl groups is 1. The molecule has 1 N–H and O–H groups in total. The minimum atomic E-state index is -1.15. The second-order valence-corrected chi connectivity index (χ2v) is 2.77. The molecule has 0 aromatic rings. The number of thioether (sulfide) groups is 1. The number of nitriles is 1. The van der Waals surface area contributed by atoms with E-state index < -0.39 is 4.93 Å². The van der Waals surface area contributed by atoms with E-state index in [0.29, 0.717) is 6.42 Å². The zero-order valence-electron chi connectivity index (χ0n) is 4.16. The highest BCUT2D eigenvalue weighted by Crippen LogP contribution is 2.32. The van der Waals surface area contributed by atoms with E-state index in [4.69, 9.17) is 10.4 Å². The summed E-state index contributed by atoms with van der Waals surface area (Å²) in [6.07, 6.45) is 2.24. The van der Waals surface area contributed by atoms with E-state index in [9.17, 15) is 0 Å². The highest BCUT2D eigenvalue weighted by molar-refractivity contribution is 8.03. The van der Waals surface area contributed by atoms with Crippen LogP contribution in [0.1, 0.15) is 6.42 Å². The number of hydrogen-bond acceptors (Lipinski definition) is 3. The summed E-state index contributed by atoms with van der Waals surface area (Å²) in [5.74, 6) is 0. The van der Waals surface area contributed by atoms with Gasteiger partial charge in [-0.25, -0.2) is 0 Å². The fourth-order valence-electron chi connectivity index (χ4n) is 0.489. The molecule has 1 aliphatic heterocycles. The second-order valence-electron chi connectivity index (χ2n) is 1.59. The number of rotatable bonds is 0. The molecule has 0 saturated heterocycles. The van der Waals surface area contributed by atoms with E-state index in [0.717, 1.165) is 11.8 Å². The monoisotopic (exact) mass is 127 g/mol. The van der Waals surface area contributed by atoms with E-state index in [-0.39, 0.29) is 0 Å². The molecule has 1 unspecified atom stereocenters. The molecule has 1 atom stereocenters. The highest BCUT2D eigenvalue weighted by Gasteiger charge is 2.27. The lowest BCUT2D eigenvalue weighted by atomic mass is 10.3. The first-order chi connectivity index (χ1) is 3.77. The molecule has 0 bridgehead atoms. The van der Waals surface area contributed by atoms with Crippen LogP contribution >= 0.6 is 11.8 Å². The standard InChI is InChI=1S/C5H5NOS/c6-4-5(7)2-1-3-8-5/h1,3,7H,2H2. The molecular formula is C5H5NOS. The van der Waals surface area contributed by atoms with Crippen molar-refractivity contribution in [1.82, 2.24) is 0 Å². The van der Waals surface area contributed by atoms with Gasteiger partial charge in [-0.1, -0.05) is 17.8 Å². The molecule has 1 aliphatic rings. The van der Waals surface area contributed by atoms with Crippen molar-refractivity contribution in [2.45, 2.75) is 11.4 Å². The van der Waals surface area contributed by atoms with Crippen molar-refractivity contribution < 1.29 is 5.11 Å². The summed E-state index contributed by atoms with van der Waals surface area (Å²) in [6.45, 7) is 0. The molecule has 42 valence electrons. The van der Waals surface area contributed by atoms with Gasteiger partial charge >= 0.3 is 0 Å². The van der Waals surface area contributed by atoms with Crippen molar-refractivity contribution in [2.75, 3.05) is 0 Å². The molecule has 2 nitrogen and oxygen atoms in total. The van der Waals surface area contributed by atoms with Gasteiger partial charge in [0.05, 0.1) is 0 Å². The minimum absolute atomic E-state index is 0.453. The fraction of sp³-hybridized carbons (Fsp3) is 0.400. The molecule has 8 heavy (non-hydrogen) atoms. The fourth-order valence-corrected chi connectivity index (χ4v) is 1.15.